The molecule has 1 N–H and O–H groups in total. The van der Waals surface area contributed by atoms with Crippen LogP contribution in [0.2, 0.25) is 0 Å². The van der Waals surface area contributed by atoms with Gasteiger partial charge in [0.1, 0.15) is 6.07 Å². The molecule has 0 spiro atoms. The summed E-state index contributed by atoms with van der Waals surface area (Å²) < 4.78 is 4.98. The van der Waals surface area contributed by atoms with Crippen LogP contribution in [-0.4, -0.2) is 10.8 Å². The number of nitrogens with one attached hydrogen (secondary N) is 1. The third-order valence-corrected chi connectivity index (χ3v) is 3.47. The summed E-state index contributed by atoms with van der Waals surface area (Å²) in [6.07, 6.45) is 0. The Balaban J connectivity index is 2.03. The number of carbonyl (C=O) groups is 1. The molecule has 0 aliphatic carbocycles. The smallest absolute Gasteiger partial charge is 0.344 e. The van der Waals surface area contributed by atoms with Gasteiger partial charge in [0.2, 0.25) is 0 Å². The van der Waals surface area contributed by atoms with Gasteiger partial charge in [-0.15, -0.1) is 0 Å². The Morgan fingerprint density at radius 2 is 1.96 bits per heavy atom. The van der Waals surface area contributed by atoms with E-state index in [-0.39, 0.29) is 33.5 Å². The van der Waals surface area contributed by atoms with Crippen LogP contribution >= 0.6 is 0 Å². The van der Waals surface area contributed by atoms with Gasteiger partial charge in [-0.05, 0) is 29.7 Å². The maximum atomic E-state index is 12.3. The minimum atomic E-state index is -0.786. The summed E-state index contributed by atoms with van der Waals surface area (Å²) in [6, 6.07) is 13.1. The van der Waals surface area contributed by atoms with Crippen molar-refractivity contribution < 1.29 is 14.1 Å². The number of fused-ring (bicyclic) bond motifs is 1. The van der Waals surface area contributed by atoms with Crippen molar-refractivity contribution in [3.8, 4) is 6.07 Å². The van der Waals surface area contributed by atoms with Gasteiger partial charge in [-0.3, -0.25) is 14.9 Å². The zero-order valence-electron chi connectivity index (χ0n) is 12.6. The van der Waals surface area contributed by atoms with Crippen molar-refractivity contribution >= 4 is 28.1 Å². The Hall–Kier alpha value is -3.99. The molecule has 3 aromatic rings. The molecule has 0 aliphatic rings. The van der Waals surface area contributed by atoms with E-state index in [1.165, 1.54) is 36.4 Å². The van der Waals surface area contributed by atoms with Gasteiger partial charge in [-0.25, -0.2) is 4.79 Å². The highest BCUT2D eigenvalue weighted by atomic mass is 16.6. The number of anilines is 1. The number of non-ortho nitro benzene ring substituents is 1. The van der Waals surface area contributed by atoms with Crippen LogP contribution < -0.4 is 10.9 Å². The first-order valence-corrected chi connectivity index (χ1v) is 7.02. The van der Waals surface area contributed by atoms with Crippen LogP contribution in [0.5, 0.6) is 0 Å². The van der Waals surface area contributed by atoms with E-state index < -0.39 is 16.5 Å². The Morgan fingerprint density at radius 3 is 2.68 bits per heavy atom. The molecule has 1 heterocycles. The van der Waals surface area contributed by atoms with E-state index in [0.29, 0.717) is 0 Å². The molecular weight excluding hydrogens is 326 g/mol. The van der Waals surface area contributed by atoms with E-state index in [0.717, 1.165) is 0 Å². The standard InChI is InChI=1S/C17H9N3O5/c18-9-10-3-1-2-4-14(10)19-16(21)15-8-11-7-12(20(23)24)5-6-13(11)17(22)25-15/h1-8H,(H,19,21). The second-order valence-corrected chi connectivity index (χ2v) is 5.04. The SMILES string of the molecule is N#Cc1ccccc1NC(=O)c1cc2cc([N+](=O)[O-])ccc2c(=O)o1. The van der Waals surface area contributed by atoms with Gasteiger partial charge < -0.3 is 9.73 Å². The molecule has 122 valence electrons. The number of benzene rings is 2. The largest absolute Gasteiger partial charge is 0.417 e. The lowest BCUT2D eigenvalue weighted by molar-refractivity contribution is -0.384. The van der Waals surface area contributed by atoms with Crippen LogP contribution in [0.4, 0.5) is 11.4 Å². The van der Waals surface area contributed by atoms with Crippen LogP contribution in [0, 0.1) is 21.4 Å². The molecule has 3 rings (SSSR count). The second-order valence-electron chi connectivity index (χ2n) is 5.04. The summed E-state index contributed by atoms with van der Waals surface area (Å²) in [5.74, 6) is -1.06. The molecular formula is C17H9N3O5. The number of nitro groups is 1. The maximum absolute atomic E-state index is 12.3. The topological polar surface area (TPSA) is 126 Å². The fourth-order valence-corrected chi connectivity index (χ4v) is 2.28. The van der Waals surface area contributed by atoms with Gasteiger partial charge in [0, 0.05) is 12.1 Å². The molecule has 2 aromatic carbocycles. The first kappa shape index (κ1) is 15.9. The first-order valence-electron chi connectivity index (χ1n) is 7.02. The van der Waals surface area contributed by atoms with Crippen molar-refractivity contribution in [3.63, 3.8) is 0 Å². The third kappa shape index (κ3) is 3.07. The minimum Gasteiger partial charge on any atom is -0.417 e. The number of nitriles is 1. The van der Waals surface area contributed by atoms with Crippen molar-refractivity contribution in [2.24, 2.45) is 0 Å². The quantitative estimate of drug-likeness (QED) is 0.579. The molecule has 0 bridgehead atoms. The predicted octanol–water partition coefficient (Wildman–Crippen LogP) is 2.83. The number of nitro benzene ring substituents is 1. The summed E-state index contributed by atoms with van der Waals surface area (Å²) in [6.45, 7) is 0. The number of hydrogen-bond acceptors (Lipinski definition) is 6. The fraction of sp³-hybridized carbons (Fsp3) is 0. The van der Waals surface area contributed by atoms with E-state index in [2.05, 4.69) is 5.32 Å². The second kappa shape index (κ2) is 6.25. The monoisotopic (exact) mass is 335 g/mol. The van der Waals surface area contributed by atoms with Crippen LogP contribution in [0.15, 0.2) is 57.7 Å². The highest BCUT2D eigenvalue weighted by Crippen LogP contribution is 2.20. The number of hydrogen-bond donors (Lipinski definition) is 1. The van der Waals surface area contributed by atoms with Crippen molar-refractivity contribution in [1.29, 1.82) is 5.26 Å². The molecule has 25 heavy (non-hydrogen) atoms. The molecule has 8 heteroatoms. The van der Waals surface area contributed by atoms with E-state index in [1.54, 1.807) is 12.1 Å². The van der Waals surface area contributed by atoms with Gasteiger partial charge >= 0.3 is 5.63 Å². The third-order valence-electron chi connectivity index (χ3n) is 3.47. The maximum Gasteiger partial charge on any atom is 0.344 e. The normalized spacial score (nSPS) is 10.2. The van der Waals surface area contributed by atoms with Crippen molar-refractivity contribution in [2.75, 3.05) is 5.32 Å². The highest BCUT2D eigenvalue weighted by molar-refractivity contribution is 6.04. The van der Waals surface area contributed by atoms with E-state index in [9.17, 15) is 19.7 Å². The van der Waals surface area contributed by atoms with Gasteiger partial charge in [-0.1, -0.05) is 12.1 Å². The van der Waals surface area contributed by atoms with Gasteiger partial charge in [0.05, 0.1) is 21.6 Å². The van der Waals surface area contributed by atoms with Crippen molar-refractivity contribution in [3.05, 3.63) is 80.4 Å². The zero-order valence-corrected chi connectivity index (χ0v) is 12.6. The van der Waals surface area contributed by atoms with Crippen molar-refractivity contribution in [2.45, 2.75) is 0 Å². The van der Waals surface area contributed by atoms with Gasteiger partial charge in [0.15, 0.2) is 5.76 Å². The summed E-state index contributed by atoms with van der Waals surface area (Å²) in [5.41, 5.74) is -0.489. The molecule has 1 aromatic heterocycles. The summed E-state index contributed by atoms with van der Waals surface area (Å²) in [7, 11) is 0. The predicted molar refractivity (Wildman–Crippen MR) is 88.2 cm³/mol. The summed E-state index contributed by atoms with van der Waals surface area (Å²) in [5, 5.41) is 22.7. The Kier molecular flexibility index (Phi) is 3.97. The average Bonchev–Trinajstić information content (AvgIpc) is 2.61. The lowest BCUT2D eigenvalue weighted by atomic mass is 10.1. The molecule has 0 aliphatic heterocycles. The molecule has 1 amide bonds. The summed E-state index contributed by atoms with van der Waals surface area (Å²) in [4.78, 5) is 34.6. The zero-order chi connectivity index (χ0) is 18.0. The minimum absolute atomic E-state index is 0.125. The van der Waals surface area contributed by atoms with E-state index in [4.69, 9.17) is 9.68 Å². The molecule has 0 saturated heterocycles. The number of para-hydroxylation sites is 1. The average molecular weight is 335 g/mol. The van der Waals surface area contributed by atoms with Crippen molar-refractivity contribution in [1.82, 2.24) is 0 Å². The lowest BCUT2D eigenvalue weighted by Crippen LogP contribution is -2.15. The number of amides is 1. The van der Waals surface area contributed by atoms with Crippen LogP contribution in [0.1, 0.15) is 16.1 Å². The lowest BCUT2D eigenvalue weighted by Gasteiger charge is -2.06. The number of carbonyl (C=O) groups excluding carboxylic acids is 1. The first-order chi connectivity index (χ1) is 12.0. The molecule has 8 nitrogen and oxygen atoms in total. The highest BCUT2D eigenvalue weighted by Gasteiger charge is 2.16. The fourth-order valence-electron chi connectivity index (χ4n) is 2.28. The van der Waals surface area contributed by atoms with Crippen LogP contribution in [-0.2, 0) is 0 Å². The molecule has 0 fully saturated rings. The molecule has 0 radical (unpaired) electrons. The Labute approximate surface area is 140 Å². The molecule has 0 atom stereocenters. The van der Waals surface area contributed by atoms with Gasteiger partial charge in [0.25, 0.3) is 11.6 Å². The molecule has 0 unspecified atom stereocenters. The van der Waals surface area contributed by atoms with Gasteiger partial charge in [-0.2, -0.15) is 5.26 Å². The Morgan fingerprint density at radius 1 is 1.20 bits per heavy atom. The molecule has 0 saturated carbocycles. The van der Waals surface area contributed by atoms with Crippen LogP contribution in [0.25, 0.3) is 10.8 Å². The van der Waals surface area contributed by atoms with Crippen LogP contribution in [0.3, 0.4) is 0 Å². The van der Waals surface area contributed by atoms with E-state index >= 15 is 0 Å². The Bertz CT molecular complexity index is 1110. The summed E-state index contributed by atoms with van der Waals surface area (Å²) >= 11 is 0. The number of rotatable bonds is 3. The number of nitrogens with zero attached hydrogens (tertiary/aromatic N) is 2. The van der Waals surface area contributed by atoms with E-state index in [1.807, 2.05) is 6.07 Å².